The van der Waals surface area contributed by atoms with Crippen LogP contribution in [0.15, 0.2) is 10.3 Å². The number of carbonyl (C=O) groups excluding carboxylic acids is 2. The number of hydrogen-bond acceptors (Lipinski definition) is 7. The van der Waals surface area contributed by atoms with Crippen LogP contribution in [0, 0.1) is 0 Å². The minimum absolute atomic E-state index is 0.198. The number of hydrogen-bond donors (Lipinski definition) is 2. The fraction of sp³-hybridized carbons (Fsp3) is 0.500. The number of amides is 2. The average Bonchev–Trinajstić information content (AvgIpc) is 2.39. The van der Waals surface area contributed by atoms with Crippen molar-refractivity contribution in [2.45, 2.75) is 13.8 Å². The second kappa shape index (κ2) is 8.94. The fourth-order valence-corrected chi connectivity index (χ4v) is 1.41. The SMILES string of the molecule is CC(S)=NOC(=O)N(C)[S+]([O-])N(C)C(=O)ON=C(C)S. The molecular formula is C8H14N4O5S3. The van der Waals surface area contributed by atoms with Gasteiger partial charge in [0.25, 0.3) is 0 Å². The third kappa shape index (κ3) is 6.88. The molecule has 0 heterocycles. The molecule has 0 aromatic heterocycles. The van der Waals surface area contributed by atoms with Gasteiger partial charge in [-0.05, 0) is 13.8 Å². The summed E-state index contributed by atoms with van der Waals surface area (Å²) < 4.78 is 13.1. The van der Waals surface area contributed by atoms with E-state index in [2.05, 4.69) is 45.2 Å². The summed E-state index contributed by atoms with van der Waals surface area (Å²) in [6, 6.07) is 0. The van der Waals surface area contributed by atoms with Crippen LogP contribution in [0.3, 0.4) is 0 Å². The Morgan fingerprint density at radius 2 is 1.30 bits per heavy atom. The van der Waals surface area contributed by atoms with E-state index in [1.165, 1.54) is 13.8 Å². The zero-order chi connectivity index (χ0) is 15.9. The van der Waals surface area contributed by atoms with Gasteiger partial charge in [0.1, 0.15) is 10.1 Å². The molecule has 0 aliphatic rings. The normalized spacial score (nSPS) is 13.6. The zero-order valence-electron chi connectivity index (χ0n) is 11.1. The highest BCUT2D eigenvalue weighted by molar-refractivity contribution is 7.97. The second-order valence-corrected chi connectivity index (χ2v) is 6.07. The van der Waals surface area contributed by atoms with E-state index in [0.717, 1.165) is 14.1 Å². The van der Waals surface area contributed by atoms with Crippen molar-refractivity contribution in [3.05, 3.63) is 0 Å². The van der Waals surface area contributed by atoms with Crippen LogP contribution in [0.4, 0.5) is 9.59 Å². The molecule has 0 fully saturated rings. The van der Waals surface area contributed by atoms with Crippen molar-refractivity contribution in [3.8, 4) is 0 Å². The maximum absolute atomic E-state index is 11.8. The Labute approximate surface area is 130 Å². The number of rotatable bonds is 4. The van der Waals surface area contributed by atoms with Gasteiger partial charge in [-0.2, -0.15) is 0 Å². The van der Waals surface area contributed by atoms with Gasteiger partial charge in [0.2, 0.25) is 11.5 Å². The standard InChI is InChI=1S/C8H14N4O5S3/c1-5(18)9-16-7(13)11(3)20(15)12(4)8(14)17-10-6(2)19/h1-4H3,(H,9,18)(H,10,19). The lowest BCUT2D eigenvalue weighted by Gasteiger charge is -2.22. The van der Waals surface area contributed by atoms with Gasteiger partial charge in [-0.1, -0.05) is 10.3 Å². The first-order valence-electron chi connectivity index (χ1n) is 4.95. The number of nitrogens with zero attached hydrogens (tertiary/aromatic N) is 4. The minimum atomic E-state index is -2.17. The van der Waals surface area contributed by atoms with E-state index in [1.54, 1.807) is 0 Å². The van der Waals surface area contributed by atoms with E-state index >= 15 is 0 Å². The van der Waals surface area contributed by atoms with Gasteiger partial charge in [0.05, 0.1) is 14.1 Å². The molecule has 20 heavy (non-hydrogen) atoms. The van der Waals surface area contributed by atoms with Crippen LogP contribution in [-0.4, -0.2) is 49.5 Å². The molecule has 0 rings (SSSR count). The van der Waals surface area contributed by atoms with Gasteiger partial charge in [0.15, 0.2) is 0 Å². The van der Waals surface area contributed by atoms with E-state index in [4.69, 9.17) is 0 Å². The van der Waals surface area contributed by atoms with E-state index in [1.807, 2.05) is 0 Å². The highest BCUT2D eigenvalue weighted by atomic mass is 32.2. The molecule has 0 atom stereocenters. The molecule has 0 aromatic rings. The minimum Gasteiger partial charge on any atom is -0.568 e. The molecule has 0 saturated carbocycles. The highest BCUT2D eigenvalue weighted by Gasteiger charge is 2.33. The Morgan fingerprint density at radius 3 is 1.55 bits per heavy atom. The summed E-state index contributed by atoms with van der Waals surface area (Å²) in [6.45, 7) is 2.96. The van der Waals surface area contributed by atoms with Crippen molar-refractivity contribution >= 4 is 59.1 Å². The van der Waals surface area contributed by atoms with E-state index in [-0.39, 0.29) is 10.1 Å². The summed E-state index contributed by atoms with van der Waals surface area (Å²) in [5, 5.41) is 6.96. The van der Waals surface area contributed by atoms with Gasteiger partial charge < -0.3 is 4.55 Å². The molecule has 0 N–H and O–H groups in total. The largest absolute Gasteiger partial charge is 0.568 e. The number of thiol groups is 2. The molecule has 0 saturated heterocycles. The van der Waals surface area contributed by atoms with Crippen LogP contribution in [0.1, 0.15) is 13.8 Å². The first-order chi connectivity index (χ1) is 9.16. The van der Waals surface area contributed by atoms with Gasteiger partial charge in [-0.25, -0.2) is 9.59 Å². The molecule has 2 amide bonds. The van der Waals surface area contributed by atoms with Crippen molar-refractivity contribution in [1.82, 2.24) is 8.61 Å². The van der Waals surface area contributed by atoms with E-state index in [9.17, 15) is 14.1 Å². The van der Waals surface area contributed by atoms with Crippen LogP contribution in [0.5, 0.6) is 0 Å². The van der Waals surface area contributed by atoms with Gasteiger partial charge in [-0.3, -0.25) is 9.68 Å². The lowest BCUT2D eigenvalue weighted by Crippen LogP contribution is -2.45. The Bertz CT molecular complexity index is 384. The quantitative estimate of drug-likeness (QED) is 0.200. The third-order valence-electron chi connectivity index (χ3n) is 1.49. The molecule has 114 valence electrons. The molecule has 0 unspecified atom stereocenters. The summed E-state index contributed by atoms with van der Waals surface area (Å²) in [6.07, 6.45) is -2.07. The molecule has 12 heteroatoms. The van der Waals surface area contributed by atoms with Gasteiger partial charge in [0, 0.05) is 0 Å². The summed E-state index contributed by atoms with van der Waals surface area (Å²) in [7, 11) is 2.30. The van der Waals surface area contributed by atoms with E-state index < -0.39 is 23.7 Å². The van der Waals surface area contributed by atoms with Crippen molar-refractivity contribution in [1.29, 1.82) is 0 Å². The molecule has 0 aromatic carbocycles. The highest BCUT2D eigenvalue weighted by Crippen LogP contribution is 2.08. The number of oxime groups is 2. The van der Waals surface area contributed by atoms with E-state index in [0.29, 0.717) is 8.61 Å². The first kappa shape index (κ1) is 18.9. The molecular weight excluding hydrogens is 328 g/mol. The lowest BCUT2D eigenvalue weighted by atomic mass is 10.9. The Hall–Kier alpha value is -1.11. The Balaban J connectivity index is 4.59. The second-order valence-electron chi connectivity index (χ2n) is 3.22. The first-order valence-corrected chi connectivity index (χ1v) is 6.91. The zero-order valence-corrected chi connectivity index (χ0v) is 13.7. The molecule has 0 aliphatic heterocycles. The molecule has 0 aliphatic carbocycles. The van der Waals surface area contributed by atoms with Gasteiger partial charge in [-0.15, -0.1) is 33.9 Å². The van der Waals surface area contributed by atoms with Crippen LogP contribution in [0.2, 0.25) is 0 Å². The summed E-state index contributed by atoms with van der Waals surface area (Å²) >= 11 is 5.40. The lowest BCUT2D eigenvalue weighted by molar-refractivity contribution is 0.126. The van der Waals surface area contributed by atoms with Crippen molar-refractivity contribution < 1.29 is 23.8 Å². The molecule has 0 radical (unpaired) electrons. The average molecular weight is 342 g/mol. The van der Waals surface area contributed by atoms with Crippen LogP contribution in [0.25, 0.3) is 0 Å². The summed E-state index contributed by atoms with van der Waals surface area (Å²) in [5.74, 6) is 0. The molecule has 9 nitrogen and oxygen atoms in total. The maximum atomic E-state index is 11.8. The number of carbonyl (C=O) groups is 2. The molecule has 0 bridgehead atoms. The predicted molar refractivity (Wildman–Crippen MR) is 80.8 cm³/mol. The monoisotopic (exact) mass is 342 g/mol. The van der Waals surface area contributed by atoms with Crippen molar-refractivity contribution in [2.24, 2.45) is 10.3 Å². The van der Waals surface area contributed by atoms with Crippen LogP contribution in [-0.2, 0) is 21.2 Å². The van der Waals surface area contributed by atoms with Crippen molar-refractivity contribution in [3.63, 3.8) is 0 Å². The fourth-order valence-electron chi connectivity index (χ4n) is 0.636. The summed E-state index contributed by atoms with van der Waals surface area (Å²) in [4.78, 5) is 31.7. The Morgan fingerprint density at radius 1 is 1.00 bits per heavy atom. The molecule has 0 spiro atoms. The van der Waals surface area contributed by atoms with Crippen LogP contribution < -0.4 is 0 Å². The van der Waals surface area contributed by atoms with Crippen LogP contribution >= 0.6 is 25.3 Å². The summed E-state index contributed by atoms with van der Waals surface area (Å²) in [5.41, 5.74) is 0. The smallest absolute Gasteiger partial charge is 0.479 e. The van der Waals surface area contributed by atoms with Gasteiger partial charge >= 0.3 is 12.2 Å². The predicted octanol–water partition coefficient (Wildman–Crippen LogP) is 1.23. The Kier molecular flexibility index (Phi) is 8.45. The topological polar surface area (TPSA) is 107 Å². The maximum Gasteiger partial charge on any atom is 0.479 e. The third-order valence-corrected chi connectivity index (χ3v) is 2.89. The van der Waals surface area contributed by atoms with Crippen molar-refractivity contribution in [2.75, 3.05) is 14.1 Å².